The second-order valence-corrected chi connectivity index (χ2v) is 4.53. The van der Waals surface area contributed by atoms with Crippen LogP contribution in [0.4, 0.5) is 0 Å². The zero-order chi connectivity index (χ0) is 12.0. The smallest absolute Gasteiger partial charge is 0.231 e. The predicted molar refractivity (Wildman–Crippen MR) is 63.8 cm³/mol. The predicted octanol–water partition coefficient (Wildman–Crippen LogP) is 0.00900. The second-order valence-electron chi connectivity index (χ2n) is 3.36. The van der Waals surface area contributed by atoms with Crippen molar-refractivity contribution in [3.8, 4) is 11.8 Å². The fourth-order valence-electron chi connectivity index (χ4n) is 1.24. The van der Waals surface area contributed by atoms with Gasteiger partial charge in [0.15, 0.2) is 0 Å². The van der Waals surface area contributed by atoms with Gasteiger partial charge in [-0.2, -0.15) is 0 Å². The number of aliphatic hydroxyl groups excluding tert-OH is 1. The molecule has 0 bridgehead atoms. The molecule has 5 heteroatoms. The van der Waals surface area contributed by atoms with Crippen LogP contribution in [0, 0.1) is 11.8 Å². The summed E-state index contributed by atoms with van der Waals surface area (Å²) in [5, 5.41) is 8.55. The standard InChI is InChI=1S/C11H14N2O2S/c1-13(8-11(12)15)7-10-5-4-9(16-10)3-2-6-14/h4-5,14H,6-8H2,1H3,(H2,12,15). The molecular formula is C11H14N2O2S. The number of nitrogens with zero attached hydrogens (tertiary/aromatic N) is 1. The number of hydrogen-bond donors (Lipinski definition) is 2. The van der Waals surface area contributed by atoms with Gasteiger partial charge < -0.3 is 10.8 Å². The quantitative estimate of drug-likeness (QED) is 0.726. The molecule has 0 aromatic carbocycles. The van der Waals surface area contributed by atoms with Crippen LogP contribution in [0.15, 0.2) is 12.1 Å². The van der Waals surface area contributed by atoms with Gasteiger partial charge >= 0.3 is 0 Å². The lowest BCUT2D eigenvalue weighted by Crippen LogP contribution is -2.29. The number of carbonyl (C=O) groups excluding carboxylic acids is 1. The molecule has 1 aromatic rings. The molecule has 0 atom stereocenters. The van der Waals surface area contributed by atoms with E-state index in [1.54, 1.807) is 11.3 Å². The number of amides is 1. The largest absolute Gasteiger partial charge is 0.384 e. The van der Waals surface area contributed by atoms with Crippen LogP contribution >= 0.6 is 11.3 Å². The van der Waals surface area contributed by atoms with Gasteiger partial charge in [-0.1, -0.05) is 11.8 Å². The highest BCUT2D eigenvalue weighted by molar-refractivity contribution is 7.12. The molecule has 86 valence electrons. The van der Waals surface area contributed by atoms with Crippen molar-refractivity contribution in [2.24, 2.45) is 5.73 Å². The molecular weight excluding hydrogens is 224 g/mol. The van der Waals surface area contributed by atoms with Crippen molar-refractivity contribution in [1.82, 2.24) is 4.90 Å². The van der Waals surface area contributed by atoms with Gasteiger partial charge in [-0.3, -0.25) is 9.69 Å². The zero-order valence-corrected chi connectivity index (χ0v) is 9.88. The molecule has 0 aliphatic heterocycles. The molecule has 0 aliphatic rings. The van der Waals surface area contributed by atoms with Crippen LogP contribution in [-0.2, 0) is 11.3 Å². The first-order valence-corrected chi connectivity index (χ1v) is 5.58. The summed E-state index contributed by atoms with van der Waals surface area (Å²) in [7, 11) is 1.84. The Hall–Kier alpha value is -1.35. The maximum atomic E-state index is 10.7. The molecule has 1 aromatic heterocycles. The van der Waals surface area contributed by atoms with Crippen molar-refractivity contribution < 1.29 is 9.90 Å². The number of hydrogen-bond acceptors (Lipinski definition) is 4. The Kier molecular flexibility index (Phi) is 4.99. The van der Waals surface area contributed by atoms with Gasteiger partial charge in [0, 0.05) is 11.4 Å². The summed E-state index contributed by atoms with van der Waals surface area (Å²) in [5.41, 5.74) is 5.09. The molecule has 0 saturated carbocycles. The average Bonchev–Trinajstić information content (AvgIpc) is 2.61. The number of thiophene rings is 1. The maximum absolute atomic E-state index is 10.7. The minimum atomic E-state index is -0.334. The van der Waals surface area contributed by atoms with Crippen molar-refractivity contribution in [3.63, 3.8) is 0 Å². The topological polar surface area (TPSA) is 66.6 Å². The van der Waals surface area contributed by atoms with Crippen LogP contribution in [0.1, 0.15) is 9.75 Å². The average molecular weight is 238 g/mol. The monoisotopic (exact) mass is 238 g/mol. The summed E-state index contributed by atoms with van der Waals surface area (Å²) in [6.45, 7) is 0.790. The molecule has 16 heavy (non-hydrogen) atoms. The van der Waals surface area contributed by atoms with Crippen LogP contribution in [-0.4, -0.2) is 36.1 Å². The number of rotatable bonds is 4. The van der Waals surface area contributed by atoms with E-state index in [2.05, 4.69) is 11.8 Å². The van der Waals surface area contributed by atoms with Crippen molar-refractivity contribution in [1.29, 1.82) is 0 Å². The molecule has 3 N–H and O–H groups in total. The maximum Gasteiger partial charge on any atom is 0.231 e. The summed E-state index contributed by atoms with van der Waals surface area (Å²) in [6.07, 6.45) is 0. The first-order valence-electron chi connectivity index (χ1n) is 4.77. The van der Waals surface area contributed by atoms with Gasteiger partial charge in [0.1, 0.15) is 6.61 Å². The van der Waals surface area contributed by atoms with Gasteiger partial charge in [0.2, 0.25) is 5.91 Å². The SMILES string of the molecule is CN(CC(N)=O)Cc1ccc(C#CCO)s1. The molecule has 1 amide bonds. The summed E-state index contributed by atoms with van der Waals surface area (Å²) < 4.78 is 0. The molecule has 0 saturated heterocycles. The Morgan fingerprint density at radius 2 is 2.38 bits per heavy atom. The number of aliphatic hydroxyl groups is 1. The molecule has 0 aliphatic carbocycles. The van der Waals surface area contributed by atoms with E-state index in [9.17, 15) is 4.79 Å². The van der Waals surface area contributed by atoms with Crippen LogP contribution < -0.4 is 5.73 Å². The Morgan fingerprint density at radius 1 is 1.62 bits per heavy atom. The van der Waals surface area contributed by atoms with Gasteiger partial charge in [-0.25, -0.2) is 0 Å². The van der Waals surface area contributed by atoms with Crippen LogP contribution in [0.5, 0.6) is 0 Å². The van der Waals surface area contributed by atoms with E-state index in [0.717, 1.165) is 9.75 Å². The summed E-state index contributed by atoms with van der Waals surface area (Å²) in [6, 6.07) is 3.87. The summed E-state index contributed by atoms with van der Waals surface area (Å²) in [4.78, 5) is 14.6. The normalized spacial score (nSPS) is 9.94. The van der Waals surface area contributed by atoms with Crippen LogP contribution in [0.25, 0.3) is 0 Å². The van der Waals surface area contributed by atoms with Crippen molar-refractivity contribution in [2.75, 3.05) is 20.2 Å². The molecule has 0 radical (unpaired) electrons. The van der Waals surface area contributed by atoms with E-state index < -0.39 is 0 Å². The lowest BCUT2D eigenvalue weighted by molar-refractivity contribution is -0.118. The summed E-state index contributed by atoms with van der Waals surface area (Å²) >= 11 is 1.55. The third-order valence-electron chi connectivity index (χ3n) is 1.80. The Bertz CT molecular complexity index is 417. The molecule has 0 unspecified atom stereocenters. The van der Waals surface area contributed by atoms with Gasteiger partial charge in [0.05, 0.1) is 11.4 Å². The van der Waals surface area contributed by atoms with Gasteiger partial charge in [0.25, 0.3) is 0 Å². The van der Waals surface area contributed by atoms with E-state index in [1.165, 1.54) is 0 Å². The molecule has 4 nitrogen and oxygen atoms in total. The number of nitrogens with two attached hydrogens (primary N) is 1. The second kappa shape index (κ2) is 6.28. The Morgan fingerprint density at radius 3 is 3.00 bits per heavy atom. The fourth-order valence-corrected chi connectivity index (χ4v) is 2.21. The highest BCUT2D eigenvalue weighted by Gasteiger charge is 2.05. The van der Waals surface area contributed by atoms with E-state index in [-0.39, 0.29) is 19.1 Å². The third-order valence-corrected chi connectivity index (χ3v) is 2.79. The minimum absolute atomic E-state index is 0.130. The Balaban J connectivity index is 2.54. The lowest BCUT2D eigenvalue weighted by Gasteiger charge is -2.12. The number of carbonyl (C=O) groups is 1. The highest BCUT2D eigenvalue weighted by atomic mass is 32.1. The fraction of sp³-hybridized carbons (Fsp3) is 0.364. The first kappa shape index (κ1) is 12.7. The first-order chi connectivity index (χ1) is 7.61. The van der Waals surface area contributed by atoms with E-state index >= 15 is 0 Å². The third kappa shape index (κ3) is 4.45. The van der Waals surface area contributed by atoms with E-state index in [4.69, 9.17) is 10.8 Å². The highest BCUT2D eigenvalue weighted by Crippen LogP contribution is 2.16. The molecule has 1 heterocycles. The van der Waals surface area contributed by atoms with Crippen LogP contribution in [0.2, 0.25) is 0 Å². The van der Waals surface area contributed by atoms with Gasteiger partial charge in [-0.05, 0) is 19.2 Å². The van der Waals surface area contributed by atoms with E-state index in [0.29, 0.717) is 6.54 Å². The number of likely N-dealkylation sites (N-methyl/N-ethyl adjacent to an activating group) is 1. The Labute approximate surface area is 98.7 Å². The molecule has 0 spiro atoms. The molecule has 1 rings (SSSR count). The minimum Gasteiger partial charge on any atom is -0.384 e. The van der Waals surface area contributed by atoms with Crippen LogP contribution in [0.3, 0.4) is 0 Å². The van der Waals surface area contributed by atoms with E-state index in [1.807, 2.05) is 24.1 Å². The summed E-state index contributed by atoms with van der Waals surface area (Å²) in [5.74, 6) is 5.09. The van der Waals surface area contributed by atoms with Crippen molar-refractivity contribution in [2.45, 2.75) is 6.54 Å². The van der Waals surface area contributed by atoms with Gasteiger partial charge in [-0.15, -0.1) is 11.3 Å². The van der Waals surface area contributed by atoms with Crippen molar-refractivity contribution in [3.05, 3.63) is 21.9 Å². The number of primary amides is 1. The van der Waals surface area contributed by atoms with Crippen molar-refractivity contribution >= 4 is 17.2 Å². The molecule has 0 fully saturated rings. The zero-order valence-electron chi connectivity index (χ0n) is 9.06. The lowest BCUT2D eigenvalue weighted by atomic mass is 10.4.